The second-order valence-corrected chi connectivity index (χ2v) is 6.69. The maximum absolute atomic E-state index is 9.32. The number of hydrogen-bond donors (Lipinski definition) is 1. The fourth-order valence-electron chi connectivity index (χ4n) is 2.50. The standard InChI is InChI=1S/C19H25N3O/c1-12(2)11-22-16(10-20)9-17(21)19(22)23-18-8-15(13(3)4)7-6-14(18)5/h6-9,12-13H,11,21H2,1-5H3. The van der Waals surface area contributed by atoms with E-state index in [2.05, 4.69) is 52.0 Å². The fraction of sp³-hybridized carbons (Fsp3) is 0.421. The summed E-state index contributed by atoms with van der Waals surface area (Å²) in [4.78, 5) is 0. The molecular weight excluding hydrogens is 286 g/mol. The number of hydrogen-bond acceptors (Lipinski definition) is 3. The normalized spacial score (nSPS) is 11.0. The molecule has 0 bridgehead atoms. The first-order valence-corrected chi connectivity index (χ1v) is 8.01. The first-order valence-electron chi connectivity index (χ1n) is 8.01. The highest BCUT2D eigenvalue weighted by atomic mass is 16.5. The van der Waals surface area contributed by atoms with Crippen molar-refractivity contribution in [1.29, 1.82) is 5.26 Å². The van der Waals surface area contributed by atoms with Crippen LogP contribution in [0, 0.1) is 24.2 Å². The smallest absolute Gasteiger partial charge is 0.224 e. The van der Waals surface area contributed by atoms with Crippen molar-refractivity contribution in [3.05, 3.63) is 41.1 Å². The second-order valence-electron chi connectivity index (χ2n) is 6.69. The van der Waals surface area contributed by atoms with Gasteiger partial charge in [-0.3, -0.25) is 0 Å². The van der Waals surface area contributed by atoms with Gasteiger partial charge in [-0.2, -0.15) is 5.26 Å². The molecule has 0 aliphatic rings. The van der Waals surface area contributed by atoms with Crippen LogP contribution in [0.1, 0.15) is 50.4 Å². The number of nitriles is 1. The molecular formula is C19H25N3O. The summed E-state index contributed by atoms with van der Waals surface area (Å²) in [6.45, 7) is 11.2. The monoisotopic (exact) mass is 311 g/mol. The third kappa shape index (κ3) is 3.68. The molecule has 0 radical (unpaired) electrons. The van der Waals surface area contributed by atoms with E-state index in [1.54, 1.807) is 6.07 Å². The number of aryl methyl sites for hydroxylation is 1. The van der Waals surface area contributed by atoms with E-state index in [0.29, 0.717) is 35.6 Å². The Balaban J connectivity index is 2.46. The van der Waals surface area contributed by atoms with Gasteiger partial charge < -0.3 is 15.0 Å². The summed E-state index contributed by atoms with van der Waals surface area (Å²) in [6.07, 6.45) is 0. The van der Waals surface area contributed by atoms with Crippen molar-refractivity contribution in [2.75, 3.05) is 5.73 Å². The molecule has 0 aliphatic heterocycles. The van der Waals surface area contributed by atoms with E-state index in [1.807, 2.05) is 11.5 Å². The van der Waals surface area contributed by atoms with Gasteiger partial charge in [-0.25, -0.2) is 0 Å². The van der Waals surface area contributed by atoms with Gasteiger partial charge in [-0.15, -0.1) is 0 Å². The molecule has 0 saturated carbocycles. The number of ether oxygens (including phenoxy) is 1. The Kier molecular flexibility index (Phi) is 5.00. The van der Waals surface area contributed by atoms with Crippen LogP contribution in [0.5, 0.6) is 11.6 Å². The lowest BCUT2D eigenvalue weighted by Gasteiger charge is -2.16. The highest BCUT2D eigenvalue weighted by Crippen LogP contribution is 2.34. The van der Waals surface area contributed by atoms with Crippen LogP contribution in [0.2, 0.25) is 0 Å². The Morgan fingerprint density at radius 3 is 2.48 bits per heavy atom. The van der Waals surface area contributed by atoms with Gasteiger partial charge in [-0.1, -0.05) is 39.8 Å². The van der Waals surface area contributed by atoms with Crippen LogP contribution in [0.15, 0.2) is 24.3 Å². The van der Waals surface area contributed by atoms with Gasteiger partial charge in [-0.05, 0) is 36.0 Å². The average Bonchev–Trinajstić information content (AvgIpc) is 2.76. The number of nitrogens with two attached hydrogens (primary N) is 1. The van der Waals surface area contributed by atoms with Crippen molar-refractivity contribution in [1.82, 2.24) is 4.57 Å². The Bertz CT molecular complexity index is 736. The molecule has 1 heterocycles. The van der Waals surface area contributed by atoms with Crippen LogP contribution in [0.3, 0.4) is 0 Å². The number of anilines is 1. The molecule has 0 unspecified atom stereocenters. The number of rotatable bonds is 5. The minimum absolute atomic E-state index is 0.388. The van der Waals surface area contributed by atoms with Crippen molar-refractivity contribution in [3.63, 3.8) is 0 Å². The second kappa shape index (κ2) is 6.78. The van der Waals surface area contributed by atoms with Crippen molar-refractivity contribution in [2.45, 2.75) is 47.1 Å². The first-order chi connectivity index (χ1) is 10.8. The van der Waals surface area contributed by atoms with Gasteiger partial charge in [0.25, 0.3) is 0 Å². The highest BCUT2D eigenvalue weighted by Gasteiger charge is 2.17. The average molecular weight is 311 g/mol. The van der Waals surface area contributed by atoms with E-state index >= 15 is 0 Å². The van der Waals surface area contributed by atoms with Crippen molar-refractivity contribution in [3.8, 4) is 17.7 Å². The Hall–Kier alpha value is -2.41. The van der Waals surface area contributed by atoms with E-state index in [1.165, 1.54) is 5.56 Å². The zero-order valence-corrected chi connectivity index (χ0v) is 14.6. The first kappa shape index (κ1) is 17.0. The van der Waals surface area contributed by atoms with Gasteiger partial charge in [0, 0.05) is 12.6 Å². The molecule has 1 aromatic carbocycles. The molecule has 2 N–H and O–H groups in total. The summed E-state index contributed by atoms with van der Waals surface area (Å²) in [5.74, 6) is 2.15. The zero-order chi connectivity index (χ0) is 17.1. The van der Waals surface area contributed by atoms with Crippen molar-refractivity contribution in [2.24, 2.45) is 5.92 Å². The molecule has 0 aliphatic carbocycles. The third-order valence-corrected chi connectivity index (χ3v) is 3.82. The number of aromatic nitrogens is 1. The predicted molar refractivity (Wildman–Crippen MR) is 93.7 cm³/mol. The minimum atomic E-state index is 0.388. The molecule has 1 aromatic heterocycles. The summed E-state index contributed by atoms with van der Waals surface area (Å²) >= 11 is 0. The largest absolute Gasteiger partial charge is 0.438 e. The molecule has 0 amide bonds. The molecule has 2 rings (SSSR count). The van der Waals surface area contributed by atoms with Crippen LogP contribution < -0.4 is 10.5 Å². The summed E-state index contributed by atoms with van der Waals surface area (Å²) in [5, 5.41) is 9.32. The lowest BCUT2D eigenvalue weighted by Crippen LogP contribution is -2.08. The predicted octanol–water partition coefficient (Wildman–Crippen LogP) is 4.82. The minimum Gasteiger partial charge on any atom is -0.438 e. The highest BCUT2D eigenvalue weighted by molar-refractivity contribution is 5.57. The molecule has 0 saturated heterocycles. The Morgan fingerprint density at radius 1 is 1.22 bits per heavy atom. The Labute approximate surface area is 138 Å². The van der Waals surface area contributed by atoms with E-state index in [9.17, 15) is 5.26 Å². The molecule has 122 valence electrons. The molecule has 0 atom stereocenters. The quantitative estimate of drug-likeness (QED) is 0.860. The van der Waals surface area contributed by atoms with Gasteiger partial charge >= 0.3 is 0 Å². The van der Waals surface area contributed by atoms with E-state index < -0.39 is 0 Å². The van der Waals surface area contributed by atoms with Gasteiger partial charge in [0.1, 0.15) is 17.5 Å². The molecule has 4 heteroatoms. The third-order valence-electron chi connectivity index (χ3n) is 3.82. The number of nitrogens with zero attached hydrogens (tertiary/aromatic N) is 2. The maximum atomic E-state index is 9.32. The summed E-state index contributed by atoms with van der Waals surface area (Å²) in [6, 6.07) is 10.1. The Morgan fingerprint density at radius 2 is 1.91 bits per heavy atom. The zero-order valence-electron chi connectivity index (χ0n) is 14.6. The fourth-order valence-corrected chi connectivity index (χ4v) is 2.50. The van der Waals surface area contributed by atoms with E-state index in [-0.39, 0.29) is 0 Å². The van der Waals surface area contributed by atoms with Crippen LogP contribution in [0.4, 0.5) is 5.69 Å². The summed E-state index contributed by atoms with van der Waals surface area (Å²) in [5.41, 5.74) is 9.38. The molecule has 23 heavy (non-hydrogen) atoms. The van der Waals surface area contributed by atoms with Crippen LogP contribution >= 0.6 is 0 Å². The van der Waals surface area contributed by atoms with Gasteiger partial charge in [0.05, 0.1) is 5.69 Å². The SMILES string of the molecule is Cc1ccc(C(C)C)cc1Oc1c(N)cc(C#N)n1CC(C)C. The molecule has 0 spiro atoms. The lowest BCUT2D eigenvalue weighted by atomic mass is 10.0. The summed E-state index contributed by atoms with van der Waals surface area (Å²) < 4.78 is 7.99. The number of nitrogen functional groups attached to an aromatic ring is 1. The van der Waals surface area contributed by atoms with Crippen LogP contribution in [-0.4, -0.2) is 4.57 Å². The van der Waals surface area contributed by atoms with Gasteiger partial charge in [0.15, 0.2) is 0 Å². The van der Waals surface area contributed by atoms with E-state index in [0.717, 1.165) is 11.3 Å². The van der Waals surface area contributed by atoms with Crippen LogP contribution in [-0.2, 0) is 6.54 Å². The van der Waals surface area contributed by atoms with Crippen LogP contribution in [0.25, 0.3) is 0 Å². The maximum Gasteiger partial charge on any atom is 0.224 e. The molecule has 0 fully saturated rings. The van der Waals surface area contributed by atoms with Crippen molar-refractivity contribution < 1.29 is 4.74 Å². The van der Waals surface area contributed by atoms with E-state index in [4.69, 9.17) is 10.5 Å². The summed E-state index contributed by atoms with van der Waals surface area (Å²) in [7, 11) is 0. The number of benzene rings is 1. The topological polar surface area (TPSA) is 64.0 Å². The molecule has 4 nitrogen and oxygen atoms in total. The molecule has 2 aromatic rings. The van der Waals surface area contributed by atoms with Crippen molar-refractivity contribution >= 4 is 5.69 Å². The lowest BCUT2D eigenvalue weighted by molar-refractivity contribution is 0.403. The van der Waals surface area contributed by atoms with Gasteiger partial charge in [0.2, 0.25) is 5.88 Å².